The molecule has 0 saturated carbocycles. The Bertz CT molecular complexity index is 934. The lowest BCUT2D eigenvalue weighted by atomic mass is 10.1. The van der Waals surface area contributed by atoms with Crippen LogP contribution in [0, 0.1) is 0 Å². The van der Waals surface area contributed by atoms with Crippen molar-refractivity contribution in [1.82, 2.24) is 4.98 Å². The predicted molar refractivity (Wildman–Crippen MR) is 72.6 cm³/mol. The van der Waals surface area contributed by atoms with E-state index in [1.54, 1.807) is 18.2 Å². The first-order valence-electron chi connectivity index (χ1n) is 6.34. The van der Waals surface area contributed by atoms with Gasteiger partial charge in [-0.25, -0.2) is 4.79 Å². The maximum atomic E-state index is 12.6. The van der Waals surface area contributed by atoms with Gasteiger partial charge in [-0.1, -0.05) is 0 Å². The Morgan fingerprint density at radius 2 is 1.95 bits per heavy atom. The van der Waals surface area contributed by atoms with E-state index < -0.39 is 5.63 Å². The lowest BCUT2D eigenvalue weighted by molar-refractivity contribution is 0.561. The second-order valence-electron chi connectivity index (χ2n) is 4.92. The molecule has 2 aromatic heterocycles. The fourth-order valence-electron chi connectivity index (χ4n) is 2.94. The largest absolute Gasteiger partial charge is 0.423 e. The highest BCUT2D eigenvalue weighted by molar-refractivity contribution is 6.04. The fraction of sp³-hybridized carbons (Fsp3) is 0.200. The van der Waals surface area contributed by atoms with Gasteiger partial charge in [-0.15, -0.1) is 0 Å². The average Bonchev–Trinajstić information content (AvgIpc) is 2.87. The molecular weight excluding hydrogens is 242 g/mol. The number of aromatic amines is 1. The summed E-state index contributed by atoms with van der Waals surface area (Å²) in [4.78, 5) is 27.2. The standard InChI is InChI=1S/C15H11NO3/c17-13-7-4-9-12(19-13)6-5-11-14(9)15(18)8-2-1-3-10(8)16-11/h4-7H,1-3H2,(H,16,18). The quantitative estimate of drug-likeness (QED) is 0.493. The van der Waals surface area contributed by atoms with Crippen molar-refractivity contribution in [2.24, 2.45) is 0 Å². The number of hydrogen-bond donors (Lipinski definition) is 1. The predicted octanol–water partition coefficient (Wildman–Crippen LogP) is 2.12. The molecule has 0 amide bonds. The summed E-state index contributed by atoms with van der Waals surface area (Å²) in [5.41, 5.74) is 2.88. The molecule has 4 nitrogen and oxygen atoms in total. The molecule has 0 saturated heterocycles. The van der Waals surface area contributed by atoms with Gasteiger partial charge in [-0.05, 0) is 37.5 Å². The molecule has 1 aromatic carbocycles. The van der Waals surface area contributed by atoms with Crippen LogP contribution in [-0.4, -0.2) is 4.98 Å². The van der Waals surface area contributed by atoms with Gasteiger partial charge < -0.3 is 9.40 Å². The number of nitrogens with one attached hydrogen (secondary N) is 1. The van der Waals surface area contributed by atoms with Crippen molar-refractivity contribution in [2.45, 2.75) is 19.3 Å². The molecule has 0 spiro atoms. The first-order chi connectivity index (χ1) is 9.24. The van der Waals surface area contributed by atoms with Crippen molar-refractivity contribution in [2.75, 3.05) is 0 Å². The molecule has 2 heterocycles. The molecule has 4 rings (SSSR count). The maximum Gasteiger partial charge on any atom is 0.336 e. The second kappa shape index (κ2) is 3.57. The summed E-state index contributed by atoms with van der Waals surface area (Å²) < 4.78 is 5.14. The number of pyridine rings is 1. The number of hydrogen-bond acceptors (Lipinski definition) is 3. The van der Waals surface area contributed by atoms with Crippen molar-refractivity contribution in [1.29, 1.82) is 0 Å². The van der Waals surface area contributed by atoms with E-state index >= 15 is 0 Å². The Hall–Kier alpha value is -2.36. The van der Waals surface area contributed by atoms with Gasteiger partial charge in [0.05, 0.1) is 10.9 Å². The van der Waals surface area contributed by atoms with Gasteiger partial charge in [0, 0.05) is 22.7 Å². The zero-order chi connectivity index (χ0) is 13.0. The van der Waals surface area contributed by atoms with Crippen LogP contribution in [0.5, 0.6) is 0 Å². The zero-order valence-electron chi connectivity index (χ0n) is 10.2. The maximum absolute atomic E-state index is 12.6. The van der Waals surface area contributed by atoms with Gasteiger partial charge in [0.2, 0.25) is 0 Å². The Balaban J connectivity index is 2.28. The van der Waals surface area contributed by atoms with E-state index in [1.807, 2.05) is 0 Å². The van der Waals surface area contributed by atoms with Crippen LogP contribution in [0.15, 0.2) is 38.3 Å². The van der Waals surface area contributed by atoms with E-state index in [0.717, 1.165) is 36.0 Å². The highest BCUT2D eigenvalue weighted by Crippen LogP contribution is 2.25. The van der Waals surface area contributed by atoms with Crippen molar-refractivity contribution in [3.05, 3.63) is 56.2 Å². The summed E-state index contributed by atoms with van der Waals surface area (Å²) in [6.45, 7) is 0. The van der Waals surface area contributed by atoms with E-state index in [2.05, 4.69) is 4.98 Å². The van der Waals surface area contributed by atoms with E-state index in [0.29, 0.717) is 16.4 Å². The Morgan fingerprint density at radius 1 is 1.05 bits per heavy atom. The molecule has 0 unspecified atom stereocenters. The summed E-state index contributed by atoms with van der Waals surface area (Å²) in [5.74, 6) is 0. The summed E-state index contributed by atoms with van der Waals surface area (Å²) in [5, 5.41) is 1.33. The highest BCUT2D eigenvalue weighted by Gasteiger charge is 2.18. The van der Waals surface area contributed by atoms with Crippen LogP contribution < -0.4 is 11.1 Å². The fourth-order valence-corrected chi connectivity index (χ4v) is 2.94. The van der Waals surface area contributed by atoms with Crippen molar-refractivity contribution in [3.63, 3.8) is 0 Å². The highest BCUT2D eigenvalue weighted by atomic mass is 16.4. The Morgan fingerprint density at radius 3 is 2.84 bits per heavy atom. The number of aromatic nitrogens is 1. The molecule has 19 heavy (non-hydrogen) atoms. The normalized spacial score (nSPS) is 14.1. The molecule has 0 aliphatic heterocycles. The first kappa shape index (κ1) is 10.6. The lowest BCUT2D eigenvalue weighted by Gasteiger charge is -2.06. The van der Waals surface area contributed by atoms with Gasteiger partial charge in [0.25, 0.3) is 0 Å². The smallest absolute Gasteiger partial charge is 0.336 e. The van der Waals surface area contributed by atoms with Crippen LogP contribution in [0.1, 0.15) is 17.7 Å². The molecule has 4 heteroatoms. The van der Waals surface area contributed by atoms with E-state index in [9.17, 15) is 9.59 Å². The lowest BCUT2D eigenvalue weighted by Crippen LogP contribution is -2.11. The minimum Gasteiger partial charge on any atom is -0.423 e. The van der Waals surface area contributed by atoms with Gasteiger partial charge in [0.15, 0.2) is 5.43 Å². The summed E-state index contributed by atoms with van der Waals surface area (Å²) >= 11 is 0. The van der Waals surface area contributed by atoms with Crippen molar-refractivity contribution in [3.8, 4) is 0 Å². The minimum atomic E-state index is -0.399. The van der Waals surface area contributed by atoms with Crippen molar-refractivity contribution < 1.29 is 4.42 Å². The number of rotatable bonds is 0. The topological polar surface area (TPSA) is 63.1 Å². The van der Waals surface area contributed by atoms with E-state index in [1.165, 1.54) is 6.07 Å². The number of benzene rings is 1. The SMILES string of the molecule is O=c1ccc2c(ccc3[nH]c4c(c(=O)c32)CCC4)o1. The number of aryl methyl sites for hydroxylation is 1. The Kier molecular flexibility index (Phi) is 1.98. The molecule has 1 N–H and O–H groups in total. The molecular formula is C15H11NO3. The third kappa shape index (κ3) is 1.40. The average molecular weight is 253 g/mol. The van der Waals surface area contributed by atoms with Crippen LogP contribution in [0.4, 0.5) is 0 Å². The van der Waals surface area contributed by atoms with Gasteiger partial charge in [0.1, 0.15) is 5.58 Å². The van der Waals surface area contributed by atoms with Gasteiger partial charge in [-0.3, -0.25) is 4.79 Å². The molecule has 1 aliphatic carbocycles. The summed E-state index contributed by atoms with van der Waals surface area (Å²) in [7, 11) is 0. The number of fused-ring (bicyclic) bond motifs is 4. The molecule has 0 atom stereocenters. The van der Waals surface area contributed by atoms with Crippen LogP contribution in [0.3, 0.4) is 0 Å². The molecule has 0 radical (unpaired) electrons. The van der Waals surface area contributed by atoms with Crippen LogP contribution >= 0.6 is 0 Å². The van der Waals surface area contributed by atoms with E-state index in [-0.39, 0.29) is 5.43 Å². The van der Waals surface area contributed by atoms with Crippen LogP contribution in [0.2, 0.25) is 0 Å². The summed E-state index contributed by atoms with van der Waals surface area (Å²) in [6, 6.07) is 6.56. The third-order valence-corrected chi connectivity index (χ3v) is 3.81. The minimum absolute atomic E-state index is 0.0701. The Labute approximate surface area is 107 Å². The third-order valence-electron chi connectivity index (χ3n) is 3.81. The molecule has 0 fully saturated rings. The van der Waals surface area contributed by atoms with Gasteiger partial charge in [-0.2, -0.15) is 0 Å². The van der Waals surface area contributed by atoms with Crippen molar-refractivity contribution >= 4 is 21.9 Å². The zero-order valence-corrected chi connectivity index (χ0v) is 10.2. The van der Waals surface area contributed by atoms with Crippen LogP contribution in [-0.2, 0) is 12.8 Å². The molecule has 94 valence electrons. The monoisotopic (exact) mass is 253 g/mol. The molecule has 1 aliphatic rings. The van der Waals surface area contributed by atoms with Crippen LogP contribution in [0.25, 0.3) is 21.9 Å². The van der Waals surface area contributed by atoms with E-state index in [4.69, 9.17) is 4.42 Å². The second-order valence-corrected chi connectivity index (χ2v) is 4.92. The molecule has 3 aromatic rings. The summed E-state index contributed by atoms with van der Waals surface area (Å²) in [6.07, 6.45) is 2.78. The molecule has 0 bridgehead atoms. The first-order valence-corrected chi connectivity index (χ1v) is 6.34. The number of H-pyrrole nitrogens is 1. The van der Waals surface area contributed by atoms with Gasteiger partial charge >= 0.3 is 5.63 Å².